The predicted octanol–water partition coefficient (Wildman–Crippen LogP) is 6.05. The molecule has 6 nitrogen and oxygen atoms in total. The number of carbonyl (C=O) groups excluding carboxylic acids is 2. The number of ether oxygens (including phenoxy) is 2. The molecule has 1 aliphatic rings. The van der Waals surface area contributed by atoms with Gasteiger partial charge in [0, 0.05) is 12.1 Å². The molecular formula is C31H33NO5. The van der Waals surface area contributed by atoms with E-state index in [0.29, 0.717) is 30.4 Å². The average molecular weight is 500 g/mol. The van der Waals surface area contributed by atoms with Crippen LogP contribution in [0, 0.1) is 12.8 Å². The van der Waals surface area contributed by atoms with Gasteiger partial charge in [-0.15, -0.1) is 0 Å². The Morgan fingerprint density at radius 3 is 2.35 bits per heavy atom. The molecule has 1 atom stereocenters. The molecule has 0 spiro atoms. The lowest BCUT2D eigenvalue weighted by molar-refractivity contribution is -0.140. The van der Waals surface area contributed by atoms with Gasteiger partial charge in [0.1, 0.15) is 17.3 Å². The Morgan fingerprint density at radius 1 is 0.946 bits per heavy atom. The van der Waals surface area contributed by atoms with E-state index in [-0.39, 0.29) is 17.9 Å². The monoisotopic (exact) mass is 499 g/mol. The van der Waals surface area contributed by atoms with Crippen LogP contribution in [0.4, 0.5) is 0 Å². The highest BCUT2D eigenvalue weighted by Gasteiger charge is 2.46. The van der Waals surface area contributed by atoms with Gasteiger partial charge in [0.2, 0.25) is 0 Å². The highest BCUT2D eigenvalue weighted by atomic mass is 16.5. The first-order valence-corrected chi connectivity index (χ1v) is 12.6. The zero-order chi connectivity index (χ0) is 26.5. The van der Waals surface area contributed by atoms with Gasteiger partial charge in [0.25, 0.3) is 11.7 Å². The summed E-state index contributed by atoms with van der Waals surface area (Å²) in [6.07, 6.45) is 0. The lowest BCUT2D eigenvalue weighted by Gasteiger charge is -2.26. The second kappa shape index (κ2) is 11.3. The molecule has 0 saturated carbocycles. The summed E-state index contributed by atoms with van der Waals surface area (Å²) in [7, 11) is 0. The maximum atomic E-state index is 13.3. The Labute approximate surface area is 218 Å². The van der Waals surface area contributed by atoms with E-state index in [1.807, 2.05) is 62.4 Å². The van der Waals surface area contributed by atoms with E-state index in [1.165, 1.54) is 4.90 Å². The van der Waals surface area contributed by atoms with Gasteiger partial charge in [0.05, 0.1) is 24.8 Å². The van der Waals surface area contributed by atoms with Crippen molar-refractivity contribution in [2.24, 2.45) is 5.92 Å². The average Bonchev–Trinajstić information content (AvgIpc) is 3.13. The summed E-state index contributed by atoms with van der Waals surface area (Å²) in [5.41, 5.74) is 3.11. The van der Waals surface area contributed by atoms with E-state index in [2.05, 4.69) is 13.8 Å². The summed E-state index contributed by atoms with van der Waals surface area (Å²) in [4.78, 5) is 28.2. The van der Waals surface area contributed by atoms with Crippen molar-refractivity contribution in [3.63, 3.8) is 0 Å². The highest BCUT2D eigenvalue weighted by molar-refractivity contribution is 6.46. The molecule has 4 rings (SSSR count). The van der Waals surface area contributed by atoms with Crippen molar-refractivity contribution < 1.29 is 24.2 Å². The van der Waals surface area contributed by atoms with Crippen molar-refractivity contribution in [3.8, 4) is 11.5 Å². The molecule has 1 unspecified atom stereocenters. The van der Waals surface area contributed by atoms with Crippen molar-refractivity contribution >= 4 is 17.4 Å². The van der Waals surface area contributed by atoms with Gasteiger partial charge in [-0.05, 0) is 55.2 Å². The minimum absolute atomic E-state index is 0.0705. The first kappa shape index (κ1) is 26.0. The van der Waals surface area contributed by atoms with Crippen LogP contribution in [0.3, 0.4) is 0 Å². The van der Waals surface area contributed by atoms with Gasteiger partial charge < -0.3 is 19.5 Å². The number of amides is 1. The predicted molar refractivity (Wildman–Crippen MR) is 143 cm³/mol. The normalized spacial score (nSPS) is 16.9. The second-order valence-corrected chi connectivity index (χ2v) is 9.65. The summed E-state index contributed by atoms with van der Waals surface area (Å²) in [6.45, 7) is 9.30. The largest absolute Gasteiger partial charge is 0.507 e. The van der Waals surface area contributed by atoms with Crippen molar-refractivity contribution in [3.05, 3.63) is 101 Å². The van der Waals surface area contributed by atoms with Gasteiger partial charge in [-0.2, -0.15) is 0 Å². The fraction of sp³-hybridized carbons (Fsp3) is 0.290. The third-order valence-electron chi connectivity index (χ3n) is 6.18. The summed E-state index contributed by atoms with van der Waals surface area (Å²) in [5, 5.41) is 11.3. The number of hydrogen-bond donors (Lipinski definition) is 1. The van der Waals surface area contributed by atoms with Gasteiger partial charge in [0.15, 0.2) is 0 Å². The topological polar surface area (TPSA) is 76.1 Å². The lowest BCUT2D eigenvalue weighted by Crippen LogP contribution is -2.29. The van der Waals surface area contributed by atoms with Crippen LogP contribution in [0.15, 0.2) is 78.4 Å². The molecule has 192 valence electrons. The number of nitrogens with zero attached hydrogens (tertiary/aromatic N) is 1. The second-order valence-electron chi connectivity index (χ2n) is 9.65. The number of aliphatic hydroxyl groups excluding tert-OH is 1. The van der Waals surface area contributed by atoms with E-state index in [4.69, 9.17) is 9.47 Å². The van der Waals surface area contributed by atoms with Crippen LogP contribution in [0.2, 0.25) is 0 Å². The number of aliphatic hydroxyl groups is 1. The zero-order valence-corrected chi connectivity index (χ0v) is 21.7. The number of benzene rings is 3. The van der Waals surface area contributed by atoms with E-state index in [0.717, 1.165) is 22.4 Å². The maximum Gasteiger partial charge on any atom is 0.295 e. The summed E-state index contributed by atoms with van der Waals surface area (Å²) < 4.78 is 11.3. The fourth-order valence-electron chi connectivity index (χ4n) is 4.44. The van der Waals surface area contributed by atoms with Crippen LogP contribution < -0.4 is 9.47 Å². The molecule has 1 heterocycles. The number of aryl methyl sites for hydroxylation is 1. The number of rotatable bonds is 9. The fourth-order valence-corrected chi connectivity index (χ4v) is 4.44. The Hall–Kier alpha value is -4.06. The van der Waals surface area contributed by atoms with Crippen LogP contribution in [-0.4, -0.2) is 34.9 Å². The molecule has 0 aliphatic carbocycles. The van der Waals surface area contributed by atoms with Crippen molar-refractivity contribution in [1.82, 2.24) is 4.90 Å². The third-order valence-corrected chi connectivity index (χ3v) is 6.18. The summed E-state index contributed by atoms with van der Waals surface area (Å²) in [5.74, 6) is 0.176. The van der Waals surface area contributed by atoms with Gasteiger partial charge in [-0.25, -0.2) is 0 Å². The maximum absolute atomic E-state index is 13.3. The van der Waals surface area contributed by atoms with Crippen LogP contribution in [0.25, 0.3) is 5.76 Å². The minimum Gasteiger partial charge on any atom is -0.507 e. The molecule has 3 aromatic carbocycles. The van der Waals surface area contributed by atoms with Gasteiger partial charge in [-0.1, -0.05) is 67.9 Å². The van der Waals surface area contributed by atoms with E-state index in [9.17, 15) is 14.7 Å². The molecule has 1 saturated heterocycles. The van der Waals surface area contributed by atoms with Crippen LogP contribution in [0.5, 0.6) is 11.5 Å². The lowest BCUT2D eigenvalue weighted by atomic mass is 9.94. The molecular weight excluding hydrogens is 466 g/mol. The third kappa shape index (κ3) is 5.85. The number of hydrogen-bond acceptors (Lipinski definition) is 5. The molecule has 1 N–H and O–H groups in total. The number of carbonyl (C=O) groups is 2. The molecule has 1 amide bonds. The number of likely N-dealkylation sites (tertiary alicyclic amines) is 1. The van der Waals surface area contributed by atoms with Crippen LogP contribution >= 0.6 is 0 Å². The van der Waals surface area contributed by atoms with Gasteiger partial charge in [-0.3, -0.25) is 9.59 Å². The minimum atomic E-state index is -0.729. The number of Topliss-reactive ketones (excluding diaryl/α,β-unsaturated/α-hetero) is 1. The molecule has 0 aromatic heterocycles. The SMILES string of the molecule is CCOc1cccc(/C(O)=C2/C(=O)C(=O)N(Cc3ccc(OCC(C)C)cc3)C2c2cccc(C)c2)c1. The van der Waals surface area contributed by atoms with Crippen molar-refractivity contribution in [2.45, 2.75) is 40.3 Å². The first-order valence-electron chi connectivity index (χ1n) is 12.6. The number of ketones is 1. The van der Waals surface area contributed by atoms with E-state index in [1.54, 1.807) is 24.3 Å². The summed E-state index contributed by atoms with van der Waals surface area (Å²) in [6, 6.07) is 21.4. The van der Waals surface area contributed by atoms with E-state index < -0.39 is 17.7 Å². The van der Waals surface area contributed by atoms with Crippen LogP contribution in [0.1, 0.15) is 49.1 Å². The molecule has 0 bridgehead atoms. The van der Waals surface area contributed by atoms with E-state index >= 15 is 0 Å². The quantitative estimate of drug-likeness (QED) is 0.220. The molecule has 1 aliphatic heterocycles. The summed E-state index contributed by atoms with van der Waals surface area (Å²) >= 11 is 0. The van der Waals surface area contributed by atoms with Crippen molar-refractivity contribution in [1.29, 1.82) is 0 Å². The standard InChI is InChI=1S/C31H33NO5/c1-5-36-26-11-7-10-24(17-26)29(33)27-28(23-9-6-8-21(4)16-23)32(31(35)30(27)34)18-22-12-14-25(15-13-22)37-19-20(2)3/h6-17,20,28,33H,5,18-19H2,1-4H3/b29-27-. The highest BCUT2D eigenvalue weighted by Crippen LogP contribution is 2.41. The smallest absolute Gasteiger partial charge is 0.295 e. The Morgan fingerprint density at radius 2 is 1.68 bits per heavy atom. The molecule has 3 aromatic rings. The van der Waals surface area contributed by atoms with Crippen molar-refractivity contribution in [2.75, 3.05) is 13.2 Å². The molecule has 0 radical (unpaired) electrons. The Kier molecular flexibility index (Phi) is 7.97. The molecule has 37 heavy (non-hydrogen) atoms. The van der Waals surface area contributed by atoms with Crippen LogP contribution in [-0.2, 0) is 16.1 Å². The zero-order valence-electron chi connectivity index (χ0n) is 21.7. The molecule has 1 fully saturated rings. The Bertz CT molecular complexity index is 1310. The first-order chi connectivity index (χ1) is 17.8. The van der Waals surface area contributed by atoms with Gasteiger partial charge >= 0.3 is 0 Å². The molecule has 6 heteroatoms. The Balaban J connectivity index is 1.74.